The SMILES string of the molecule is N/C=N/C(CCCN)(NC(=O)CN1CCN(S(=O)(=O)Cc2ccccc2)C(CC(=O)N2CCCCC2)C1=O)C(=O)c1nccs1. The van der Waals surface area contributed by atoms with Crippen LogP contribution in [0.3, 0.4) is 0 Å². The number of carbonyl (C=O) groups is 4. The van der Waals surface area contributed by atoms with E-state index in [-0.39, 0.29) is 49.1 Å². The number of piperazine rings is 1. The van der Waals surface area contributed by atoms with E-state index in [2.05, 4.69) is 15.3 Å². The van der Waals surface area contributed by atoms with Crippen LogP contribution in [0, 0.1) is 0 Å². The average molecular weight is 661 g/mol. The van der Waals surface area contributed by atoms with Gasteiger partial charge < -0.3 is 26.6 Å². The third-order valence-corrected chi connectivity index (χ3v) is 10.5. The van der Waals surface area contributed by atoms with Crippen LogP contribution in [0.2, 0.25) is 0 Å². The lowest BCUT2D eigenvalue weighted by atomic mass is 9.98. The number of sulfonamides is 1. The van der Waals surface area contributed by atoms with Gasteiger partial charge in [0.15, 0.2) is 10.7 Å². The normalized spacial score (nSPS) is 19.4. The maximum absolute atomic E-state index is 13.9. The van der Waals surface area contributed by atoms with Crippen molar-refractivity contribution in [3.63, 3.8) is 0 Å². The van der Waals surface area contributed by atoms with Crippen LogP contribution in [0.15, 0.2) is 46.9 Å². The van der Waals surface area contributed by atoms with Crippen LogP contribution in [-0.2, 0) is 30.2 Å². The number of aromatic nitrogens is 1. The van der Waals surface area contributed by atoms with Gasteiger partial charge in [-0.05, 0) is 37.8 Å². The highest BCUT2D eigenvalue weighted by Gasteiger charge is 2.45. The molecule has 5 N–H and O–H groups in total. The van der Waals surface area contributed by atoms with Gasteiger partial charge in [0.1, 0.15) is 6.04 Å². The second kappa shape index (κ2) is 15.5. The van der Waals surface area contributed by atoms with Gasteiger partial charge in [0, 0.05) is 44.2 Å². The summed E-state index contributed by atoms with van der Waals surface area (Å²) >= 11 is 1.08. The number of thiazole rings is 1. The largest absolute Gasteiger partial charge is 0.390 e. The number of nitrogens with two attached hydrogens (primary N) is 2. The highest BCUT2D eigenvalue weighted by atomic mass is 32.2. The van der Waals surface area contributed by atoms with Gasteiger partial charge in [-0.2, -0.15) is 4.31 Å². The van der Waals surface area contributed by atoms with Gasteiger partial charge >= 0.3 is 0 Å². The standard InChI is InChI=1S/C29H40N8O6S2/c30-11-7-10-29(33-21-31,26(40)27-32-12-17-44-27)34-24(38)19-36-15-16-37(45(42,43)20-22-8-3-1-4-9-22)23(28(36)41)18-25(39)35-13-5-2-6-14-35/h1,3-4,8-9,12,17,21,23H,2,5-7,10-11,13-16,18-20,30H2,(H2,31,33)(H,34,38). The van der Waals surface area contributed by atoms with E-state index in [0.717, 1.165) is 41.2 Å². The van der Waals surface area contributed by atoms with Crippen molar-refractivity contribution in [3.05, 3.63) is 52.5 Å². The zero-order valence-corrected chi connectivity index (χ0v) is 26.7. The van der Waals surface area contributed by atoms with E-state index >= 15 is 0 Å². The Morgan fingerprint density at radius 2 is 1.84 bits per heavy atom. The minimum atomic E-state index is -4.01. The lowest BCUT2D eigenvalue weighted by molar-refractivity contribution is -0.146. The summed E-state index contributed by atoms with van der Waals surface area (Å²) < 4.78 is 28.3. The van der Waals surface area contributed by atoms with E-state index in [0.29, 0.717) is 25.1 Å². The monoisotopic (exact) mass is 660 g/mol. The minimum absolute atomic E-state index is 0.0355. The molecule has 3 amide bonds. The summed E-state index contributed by atoms with van der Waals surface area (Å²) in [5.41, 5.74) is 10.0. The first-order valence-electron chi connectivity index (χ1n) is 14.9. The van der Waals surface area contributed by atoms with Crippen molar-refractivity contribution in [2.75, 3.05) is 39.3 Å². The summed E-state index contributed by atoms with van der Waals surface area (Å²) in [5.74, 6) is -2.60. The molecule has 244 valence electrons. The number of rotatable bonds is 14. The van der Waals surface area contributed by atoms with E-state index in [4.69, 9.17) is 11.5 Å². The van der Waals surface area contributed by atoms with Crippen LogP contribution < -0.4 is 16.8 Å². The fourth-order valence-corrected chi connectivity index (χ4v) is 7.97. The Balaban J connectivity index is 1.56. The molecule has 14 nitrogen and oxygen atoms in total. The number of carbonyl (C=O) groups excluding carboxylic acids is 4. The van der Waals surface area contributed by atoms with Gasteiger partial charge in [0.2, 0.25) is 33.5 Å². The van der Waals surface area contributed by atoms with E-state index in [1.165, 1.54) is 11.1 Å². The van der Waals surface area contributed by atoms with E-state index < -0.39 is 45.9 Å². The van der Waals surface area contributed by atoms with Gasteiger partial charge in [-0.15, -0.1) is 11.3 Å². The number of nitrogens with one attached hydrogen (secondary N) is 1. The van der Waals surface area contributed by atoms with Crippen LogP contribution in [0.1, 0.15) is 53.9 Å². The van der Waals surface area contributed by atoms with Crippen LogP contribution in [-0.4, -0.2) is 108 Å². The molecule has 1 aromatic carbocycles. The highest BCUT2D eigenvalue weighted by Crippen LogP contribution is 2.25. The summed E-state index contributed by atoms with van der Waals surface area (Å²) in [7, 11) is -4.01. The Morgan fingerprint density at radius 1 is 1.11 bits per heavy atom. The van der Waals surface area contributed by atoms with Crippen molar-refractivity contribution in [1.29, 1.82) is 0 Å². The molecule has 45 heavy (non-hydrogen) atoms. The van der Waals surface area contributed by atoms with Crippen LogP contribution in [0.5, 0.6) is 0 Å². The number of aliphatic imine (C=N–C) groups is 1. The van der Waals surface area contributed by atoms with Crippen molar-refractivity contribution < 1.29 is 27.6 Å². The first-order valence-corrected chi connectivity index (χ1v) is 17.4. The van der Waals surface area contributed by atoms with Gasteiger partial charge in [-0.25, -0.2) is 18.4 Å². The maximum atomic E-state index is 13.9. The molecular formula is C29H40N8O6S2. The maximum Gasteiger partial charge on any atom is 0.242 e. The zero-order chi connectivity index (χ0) is 32.5. The number of piperidine rings is 1. The fourth-order valence-electron chi connectivity index (χ4n) is 5.63. The molecule has 2 aliphatic rings. The molecule has 2 saturated heterocycles. The van der Waals surface area contributed by atoms with Gasteiger partial charge in [0.25, 0.3) is 0 Å². The molecule has 0 aliphatic carbocycles. The van der Waals surface area contributed by atoms with Crippen molar-refractivity contribution in [3.8, 4) is 0 Å². The lowest BCUT2D eigenvalue weighted by Gasteiger charge is -2.40. The highest BCUT2D eigenvalue weighted by molar-refractivity contribution is 7.88. The molecule has 2 atom stereocenters. The van der Waals surface area contributed by atoms with E-state index in [1.807, 2.05) is 0 Å². The Kier molecular flexibility index (Phi) is 11.8. The van der Waals surface area contributed by atoms with E-state index in [9.17, 15) is 27.6 Å². The average Bonchev–Trinajstić information content (AvgIpc) is 3.57. The topological polar surface area (TPSA) is 201 Å². The van der Waals surface area contributed by atoms with E-state index in [1.54, 1.807) is 40.6 Å². The van der Waals surface area contributed by atoms with Crippen molar-refractivity contribution in [2.24, 2.45) is 16.5 Å². The number of amides is 3. The molecule has 2 unspecified atom stereocenters. The number of Topliss-reactive ketones (excluding diaryl/α,β-unsaturated/α-hetero) is 1. The molecule has 0 saturated carbocycles. The minimum Gasteiger partial charge on any atom is -0.390 e. The van der Waals surface area contributed by atoms with Crippen molar-refractivity contribution in [1.82, 2.24) is 24.4 Å². The number of hydrogen-bond donors (Lipinski definition) is 3. The lowest BCUT2D eigenvalue weighted by Crippen LogP contribution is -2.62. The first-order chi connectivity index (χ1) is 21.6. The molecular weight excluding hydrogens is 621 g/mol. The quantitative estimate of drug-likeness (QED) is 0.145. The summed E-state index contributed by atoms with van der Waals surface area (Å²) in [6.07, 6.45) is 5.07. The molecule has 2 fully saturated rings. The Bertz CT molecular complexity index is 1460. The third-order valence-electron chi connectivity index (χ3n) is 7.88. The number of ketones is 1. The third kappa shape index (κ3) is 8.51. The number of nitrogens with zero attached hydrogens (tertiary/aromatic N) is 5. The molecule has 1 aromatic heterocycles. The molecule has 0 radical (unpaired) electrons. The van der Waals surface area contributed by atoms with Gasteiger partial charge in [-0.1, -0.05) is 30.3 Å². The van der Waals surface area contributed by atoms with Crippen molar-refractivity contribution >= 4 is 51.2 Å². The summed E-state index contributed by atoms with van der Waals surface area (Å²) in [6.45, 7) is 0.613. The first kappa shape index (κ1) is 34.1. The van der Waals surface area contributed by atoms with Crippen LogP contribution in [0.25, 0.3) is 0 Å². The molecule has 2 aromatic rings. The fraction of sp³-hybridized carbons (Fsp3) is 0.517. The summed E-state index contributed by atoms with van der Waals surface area (Å²) in [5, 5.41) is 4.38. The predicted molar refractivity (Wildman–Crippen MR) is 169 cm³/mol. The Morgan fingerprint density at radius 3 is 2.49 bits per heavy atom. The Hall–Kier alpha value is -3.73. The molecule has 2 aliphatic heterocycles. The second-order valence-electron chi connectivity index (χ2n) is 11.0. The molecule has 3 heterocycles. The number of hydrogen-bond acceptors (Lipinski definition) is 10. The molecule has 16 heteroatoms. The molecule has 0 bridgehead atoms. The molecule has 4 rings (SSSR count). The molecule has 0 spiro atoms. The number of benzene rings is 1. The summed E-state index contributed by atoms with van der Waals surface area (Å²) in [6, 6.07) is 7.27. The van der Waals surface area contributed by atoms with Gasteiger partial charge in [0.05, 0.1) is 25.1 Å². The number of likely N-dealkylation sites (tertiary alicyclic amines) is 1. The summed E-state index contributed by atoms with van der Waals surface area (Å²) in [4.78, 5) is 65.2. The zero-order valence-electron chi connectivity index (χ0n) is 25.0. The van der Waals surface area contributed by atoms with Gasteiger partial charge in [-0.3, -0.25) is 19.2 Å². The van der Waals surface area contributed by atoms with Crippen LogP contribution >= 0.6 is 11.3 Å². The second-order valence-corrected chi connectivity index (χ2v) is 13.8. The smallest absolute Gasteiger partial charge is 0.242 e. The Labute approximate surface area is 266 Å². The predicted octanol–water partition coefficient (Wildman–Crippen LogP) is 0.310. The van der Waals surface area contributed by atoms with Crippen LogP contribution in [0.4, 0.5) is 0 Å². The van der Waals surface area contributed by atoms with Crippen molar-refractivity contribution in [2.45, 2.75) is 56.0 Å².